The predicted molar refractivity (Wildman–Crippen MR) is 113 cm³/mol. The molecular formula is C23H24N4O2. The van der Waals surface area contributed by atoms with Crippen LogP contribution in [0.5, 0.6) is 5.75 Å². The van der Waals surface area contributed by atoms with Crippen molar-refractivity contribution in [1.82, 2.24) is 9.97 Å². The summed E-state index contributed by atoms with van der Waals surface area (Å²) < 4.78 is 5.76. The van der Waals surface area contributed by atoms with E-state index < -0.39 is 0 Å². The summed E-state index contributed by atoms with van der Waals surface area (Å²) in [6.45, 7) is 0.503. The maximum absolute atomic E-state index is 12.4. The minimum atomic E-state index is -0.289. The first-order chi connectivity index (χ1) is 14.3. The maximum Gasteiger partial charge on any atom is 0.275 e. The maximum atomic E-state index is 12.4. The van der Waals surface area contributed by atoms with Gasteiger partial charge in [0.25, 0.3) is 5.91 Å². The van der Waals surface area contributed by atoms with E-state index in [-0.39, 0.29) is 11.6 Å². The highest BCUT2D eigenvalue weighted by atomic mass is 16.5. The van der Waals surface area contributed by atoms with Crippen LogP contribution in [0.2, 0.25) is 0 Å². The van der Waals surface area contributed by atoms with Gasteiger partial charge in [0.05, 0.1) is 12.4 Å². The van der Waals surface area contributed by atoms with Crippen molar-refractivity contribution in [2.75, 3.05) is 10.6 Å². The molecule has 1 fully saturated rings. The third kappa shape index (κ3) is 5.31. The standard InChI is InChI=1S/C23H24N4O2/c28-23(21-14-25-22(15-24-21)26-18-8-4-5-9-18)27-19-10-12-20(13-11-19)29-16-17-6-2-1-3-7-17/h1-3,6-7,10-15,18H,4-5,8-9,16H2,(H,25,26)(H,27,28). The van der Waals surface area contributed by atoms with E-state index in [0.29, 0.717) is 24.2 Å². The molecule has 148 valence electrons. The van der Waals surface area contributed by atoms with Crippen molar-refractivity contribution in [1.29, 1.82) is 0 Å². The number of benzene rings is 2. The quantitative estimate of drug-likeness (QED) is 0.615. The molecule has 0 radical (unpaired) electrons. The predicted octanol–water partition coefficient (Wildman–Crippen LogP) is 4.66. The van der Waals surface area contributed by atoms with Crippen molar-refractivity contribution in [2.45, 2.75) is 38.3 Å². The van der Waals surface area contributed by atoms with E-state index >= 15 is 0 Å². The van der Waals surface area contributed by atoms with Crippen molar-refractivity contribution in [3.05, 3.63) is 78.2 Å². The van der Waals surface area contributed by atoms with Gasteiger partial charge >= 0.3 is 0 Å². The molecule has 1 aliphatic carbocycles. The summed E-state index contributed by atoms with van der Waals surface area (Å²) in [6.07, 6.45) is 7.95. The summed E-state index contributed by atoms with van der Waals surface area (Å²) in [5.41, 5.74) is 2.07. The van der Waals surface area contributed by atoms with E-state index in [1.54, 1.807) is 6.20 Å². The number of nitrogens with zero attached hydrogens (tertiary/aromatic N) is 2. The van der Waals surface area contributed by atoms with Crippen LogP contribution in [0.1, 0.15) is 41.7 Å². The molecule has 0 aliphatic heterocycles. The molecule has 0 bridgehead atoms. The molecule has 6 heteroatoms. The molecule has 1 aromatic heterocycles. The van der Waals surface area contributed by atoms with Crippen molar-refractivity contribution in [3.8, 4) is 5.75 Å². The fourth-order valence-corrected chi connectivity index (χ4v) is 3.37. The summed E-state index contributed by atoms with van der Waals surface area (Å²) in [5, 5.41) is 6.20. The molecule has 0 atom stereocenters. The summed E-state index contributed by atoms with van der Waals surface area (Å²) in [5.74, 6) is 1.17. The van der Waals surface area contributed by atoms with Crippen LogP contribution < -0.4 is 15.4 Å². The lowest BCUT2D eigenvalue weighted by atomic mass is 10.2. The van der Waals surface area contributed by atoms with Gasteiger partial charge in [-0.3, -0.25) is 4.79 Å². The average Bonchev–Trinajstić information content (AvgIpc) is 3.27. The summed E-state index contributed by atoms with van der Waals surface area (Å²) in [6, 6.07) is 17.7. The van der Waals surface area contributed by atoms with Gasteiger partial charge in [-0.2, -0.15) is 0 Å². The first kappa shape index (κ1) is 18.9. The Bertz CT molecular complexity index is 921. The van der Waals surface area contributed by atoms with Crippen molar-refractivity contribution >= 4 is 17.4 Å². The molecule has 6 nitrogen and oxygen atoms in total. The highest BCUT2D eigenvalue weighted by Gasteiger charge is 2.15. The minimum Gasteiger partial charge on any atom is -0.489 e. The van der Waals surface area contributed by atoms with Gasteiger partial charge in [-0.15, -0.1) is 0 Å². The molecule has 3 aromatic rings. The van der Waals surface area contributed by atoms with Crippen LogP contribution in [0, 0.1) is 0 Å². The Morgan fingerprint density at radius 1 is 0.966 bits per heavy atom. The second kappa shape index (κ2) is 9.19. The third-order valence-electron chi connectivity index (χ3n) is 4.95. The van der Waals surface area contributed by atoms with Crippen LogP contribution in [0.4, 0.5) is 11.5 Å². The summed E-state index contributed by atoms with van der Waals surface area (Å²) >= 11 is 0. The Morgan fingerprint density at radius 2 is 1.72 bits per heavy atom. The lowest BCUT2D eigenvalue weighted by Crippen LogP contribution is -2.17. The van der Waals surface area contributed by atoms with Crippen molar-refractivity contribution in [2.24, 2.45) is 0 Å². The molecule has 0 saturated heterocycles. The van der Waals surface area contributed by atoms with Gasteiger partial charge in [0.1, 0.15) is 23.9 Å². The number of nitrogens with one attached hydrogen (secondary N) is 2. The number of hydrogen-bond donors (Lipinski definition) is 2. The zero-order valence-corrected chi connectivity index (χ0v) is 16.2. The first-order valence-corrected chi connectivity index (χ1v) is 9.93. The van der Waals surface area contributed by atoms with Crippen LogP contribution in [-0.4, -0.2) is 21.9 Å². The largest absolute Gasteiger partial charge is 0.489 e. The zero-order valence-electron chi connectivity index (χ0n) is 16.2. The van der Waals surface area contributed by atoms with Gasteiger partial charge in [0.15, 0.2) is 0 Å². The third-order valence-corrected chi connectivity index (χ3v) is 4.95. The molecule has 0 spiro atoms. The van der Waals surface area contributed by atoms with Gasteiger partial charge < -0.3 is 15.4 Å². The molecule has 2 aromatic carbocycles. The van der Waals surface area contributed by atoms with E-state index in [9.17, 15) is 4.79 Å². The monoisotopic (exact) mass is 388 g/mol. The zero-order chi connectivity index (χ0) is 19.9. The van der Waals surface area contributed by atoms with E-state index in [1.807, 2.05) is 54.6 Å². The summed E-state index contributed by atoms with van der Waals surface area (Å²) in [4.78, 5) is 21.0. The topological polar surface area (TPSA) is 76.1 Å². The van der Waals surface area contributed by atoms with Crippen LogP contribution in [0.3, 0.4) is 0 Å². The minimum absolute atomic E-state index is 0.284. The highest BCUT2D eigenvalue weighted by Crippen LogP contribution is 2.21. The van der Waals surface area contributed by atoms with Crippen molar-refractivity contribution in [3.63, 3.8) is 0 Å². The van der Waals surface area contributed by atoms with Crippen molar-refractivity contribution < 1.29 is 9.53 Å². The number of amides is 1. The SMILES string of the molecule is O=C(Nc1ccc(OCc2ccccc2)cc1)c1cnc(NC2CCCC2)cn1. The number of rotatable bonds is 7. The highest BCUT2D eigenvalue weighted by molar-refractivity contribution is 6.02. The number of aromatic nitrogens is 2. The second-order valence-corrected chi connectivity index (χ2v) is 7.17. The number of ether oxygens (including phenoxy) is 1. The molecule has 4 rings (SSSR count). The average molecular weight is 388 g/mol. The van der Waals surface area contributed by atoms with Crippen LogP contribution in [0.15, 0.2) is 67.0 Å². The molecule has 2 N–H and O–H groups in total. The lowest BCUT2D eigenvalue weighted by Gasteiger charge is -2.12. The van der Waals surface area contributed by atoms with Gasteiger partial charge in [0, 0.05) is 11.7 Å². The Kier molecular flexibility index (Phi) is 6.00. The first-order valence-electron chi connectivity index (χ1n) is 9.93. The molecule has 29 heavy (non-hydrogen) atoms. The number of carbonyl (C=O) groups excluding carboxylic acids is 1. The van der Waals surface area contributed by atoms with E-state index in [1.165, 1.54) is 19.0 Å². The molecule has 1 amide bonds. The normalized spacial score (nSPS) is 13.8. The van der Waals surface area contributed by atoms with Crippen LogP contribution in [0.25, 0.3) is 0 Å². The second-order valence-electron chi connectivity index (χ2n) is 7.17. The Morgan fingerprint density at radius 3 is 2.41 bits per heavy atom. The summed E-state index contributed by atoms with van der Waals surface area (Å²) in [7, 11) is 0. The van der Waals surface area contributed by atoms with Crippen LogP contribution >= 0.6 is 0 Å². The van der Waals surface area contributed by atoms with E-state index in [2.05, 4.69) is 20.6 Å². The van der Waals surface area contributed by atoms with Gasteiger partial charge in [0.2, 0.25) is 0 Å². The molecule has 1 aliphatic rings. The van der Waals surface area contributed by atoms with E-state index in [0.717, 1.165) is 24.2 Å². The molecule has 1 saturated carbocycles. The van der Waals surface area contributed by atoms with Gasteiger partial charge in [-0.05, 0) is 42.7 Å². The number of carbonyl (C=O) groups is 1. The Balaban J connectivity index is 1.29. The van der Waals surface area contributed by atoms with Gasteiger partial charge in [-0.1, -0.05) is 43.2 Å². The lowest BCUT2D eigenvalue weighted by molar-refractivity contribution is 0.102. The van der Waals surface area contributed by atoms with Crippen LogP contribution in [-0.2, 0) is 6.61 Å². The Hall–Kier alpha value is -3.41. The fraction of sp³-hybridized carbons (Fsp3) is 0.261. The van der Waals surface area contributed by atoms with Gasteiger partial charge in [-0.25, -0.2) is 9.97 Å². The smallest absolute Gasteiger partial charge is 0.275 e. The number of anilines is 2. The number of hydrogen-bond acceptors (Lipinski definition) is 5. The fourth-order valence-electron chi connectivity index (χ4n) is 3.37. The van der Waals surface area contributed by atoms with E-state index in [4.69, 9.17) is 4.74 Å². The molecule has 1 heterocycles. The molecular weight excluding hydrogens is 364 g/mol. The molecule has 0 unspecified atom stereocenters. The Labute approximate surface area is 170 Å².